The Morgan fingerprint density at radius 1 is 1.32 bits per heavy atom. The summed E-state index contributed by atoms with van der Waals surface area (Å²) in [6.45, 7) is 4.59. The van der Waals surface area contributed by atoms with Crippen molar-refractivity contribution in [3.63, 3.8) is 0 Å². The van der Waals surface area contributed by atoms with E-state index in [-0.39, 0.29) is 5.92 Å². The number of rotatable bonds is 4. The van der Waals surface area contributed by atoms with Gasteiger partial charge in [0.05, 0.1) is 12.0 Å². The van der Waals surface area contributed by atoms with Crippen molar-refractivity contribution in [2.45, 2.75) is 39.0 Å². The summed E-state index contributed by atoms with van der Waals surface area (Å²) in [5.74, 6) is 0.880. The van der Waals surface area contributed by atoms with Crippen LogP contribution in [0.25, 0.3) is 0 Å². The predicted octanol–water partition coefficient (Wildman–Crippen LogP) is 2.47. The lowest BCUT2D eigenvalue weighted by Crippen LogP contribution is -2.36. The molecule has 0 unspecified atom stereocenters. The quantitative estimate of drug-likeness (QED) is 0.842. The first-order valence-corrected chi connectivity index (χ1v) is 8.08. The Hall–Kier alpha value is -2.16. The summed E-state index contributed by atoms with van der Waals surface area (Å²) in [5.41, 5.74) is -0.923. The van der Waals surface area contributed by atoms with Crippen LogP contribution in [0.15, 0.2) is 27.9 Å². The van der Waals surface area contributed by atoms with Crippen molar-refractivity contribution < 1.29 is 17.6 Å². The number of aromatic nitrogens is 3. The first-order valence-electron chi connectivity index (χ1n) is 8.08. The Kier molecular flexibility index (Phi) is 4.94. The van der Waals surface area contributed by atoms with Gasteiger partial charge < -0.3 is 4.42 Å². The standard InChI is InChI=1S/C16H19F3N4O2/c1-11-21-13(9-25-11)8-22-4-2-12(3-5-22)7-23-10-20-14(6-15(23)24)16(17,18)19/h6,9-10,12H,2-5,7-8H2,1H3. The third-order valence-electron chi connectivity index (χ3n) is 4.38. The number of hydrogen-bond donors (Lipinski definition) is 0. The maximum Gasteiger partial charge on any atom is 0.433 e. The number of piperidine rings is 1. The molecule has 2 aromatic rings. The number of alkyl halides is 3. The van der Waals surface area contributed by atoms with Crippen molar-refractivity contribution >= 4 is 0 Å². The minimum atomic E-state index is -4.59. The fourth-order valence-electron chi connectivity index (χ4n) is 3.03. The van der Waals surface area contributed by atoms with Crippen molar-refractivity contribution in [3.05, 3.63) is 46.3 Å². The molecule has 136 valence electrons. The van der Waals surface area contributed by atoms with Gasteiger partial charge in [0.15, 0.2) is 11.6 Å². The van der Waals surface area contributed by atoms with Gasteiger partial charge in [-0.3, -0.25) is 14.3 Å². The van der Waals surface area contributed by atoms with E-state index in [2.05, 4.69) is 14.9 Å². The Balaban J connectivity index is 1.54. The monoisotopic (exact) mass is 356 g/mol. The van der Waals surface area contributed by atoms with E-state index in [0.29, 0.717) is 25.0 Å². The fraction of sp³-hybridized carbons (Fsp3) is 0.562. The lowest BCUT2D eigenvalue weighted by Gasteiger charge is -2.31. The molecule has 3 heterocycles. The number of aryl methyl sites for hydroxylation is 1. The van der Waals surface area contributed by atoms with Crippen LogP contribution in [0.1, 0.15) is 30.1 Å². The van der Waals surface area contributed by atoms with Crippen molar-refractivity contribution in [1.29, 1.82) is 0 Å². The molecule has 0 spiro atoms. The van der Waals surface area contributed by atoms with E-state index in [0.717, 1.165) is 38.0 Å². The molecule has 9 heteroatoms. The van der Waals surface area contributed by atoms with E-state index in [1.54, 1.807) is 13.2 Å². The van der Waals surface area contributed by atoms with Crippen LogP contribution in [-0.2, 0) is 19.3 Å². The molecule has 0 saturated carbocycles. The van der Waals surface area contributed by atoms with Crippen LogP contribution in [-0.4, -0.2) is 32.5 Å². The molecule has 1 aliphatic heterocycles. The largest absolute Gasteiger partial charge is 0.449 e. The maximum absolute atomic E-state index is 12.6. The van der Waals surface area contributed by atoms with Gasteiger partial charge in [0.25, 0.3) is 5.56 Å². The molecule has 0 aromatic carbocycles. The number of hydrogen-bond acceptors (Lipinski definition) is 5. The van der Waals surface area contributed by atoms with Gasteiger partial charge in [-0.2, -0.15) is 13.2 Å². The maximum atomic E-state index is 12.6. The average molecular weight is 356 g/mol. The van der Waals surface area contributed by atoms with E-state index in [1.165, 1.54) is 4.57 Å². The molecule has 0 atom stereocenters. The fourth-order valence-corrected chi connectivity index (χ4v) is 3.03. The van der Waals surface area contributed by atoms with Gasteiger partial charge in [-0.1, -0.05) is 0 Å². The van der Waals surface area contributed by atoms with Crippen molar-refractivity contribution in [3.8, 4) is 0 Å². The highest BCUT2D eigenvalue weighted by molar-refractivity contribution is 5.03. The predicted molar refractivity (Wildman–Crippen MR) is 82.7 cm³/mol. The molecule has 1 fully saturated rings. The highest BCUT2D eigenvalue weighted by Crippen LogP contribution is 2.26. The van der Waals surface area contributed by atoms with Crippen molar-refractivity contribution in [1.82, 2.24) is 19.4 Å². The van der Waals surface area contributed by atoms with Gasteiger partial charge in [0.2, 0.25) is 0 Å². The molecular formula is C16H19F3N4O2. The lowest BCUT2D eigenvalue weighted by atomic mass is 9.96. The zero-order chi connectivity index (χ0) is 18.0. The highest BCUT2D eigenvalue weighted by Gasteiger charge is 2.33. The normalized spacial score (nSPS) is 17.1. The highest BCUT2D eigenvalue weighted by atomic mass is 19.4. The van der Waals surface area contributed by atoms with E-state index in [4.69, 9.17) is 4.42 Å². The summed E-state index contributed by atoms with van der Waals surface area (Å²) < 4.78 is 44.1. The summed E-state index contributed by atoms with van der Waals surface area (Å²) in [6, 6.07) is 0.558. The van der Waals surface area contributed by atoms with Crippen LogP contribution in [0, 0.1) is 12.8 Å². The third-order valence-corrected chi connectivity index (χ3v) is 4.38. The Morgan fingerprint density at radius 3 is 2.60 bits per heavy atom. The van der Waals surface area contributed by atoms with Gasteiger partial charge in [-0.05, 0) is 31.8 Å². The topological polar surface area (TPSA) is 64.2 Å². The van der Waals surface area contributed by atoms with Crippen molar-refractivity contribution in [2.24, 2.45) is 5.92 Å². The zero-order valence-electron chi connectivity index (χ0n) is 13.8. The summed E-state index contributed by atoms with van der Waals surface area (Å²) in [4.78, 5) is 21.7. The number of likely N-dealkylation sites (tertiary alicyclic amines) is 1. The van der Waals surface area contributed by atoms with Gasteiger partial charge in [-0.15, -0.1) is 0 Å². The molecule has 0 bridgehead atoms. The Bertz CT molecular complexity index is 776. The summed E-state index contributed by atoms with van der Waals surface area (Å²) >= 11 is 0. The van der Waals surface area contributed by atoms with Crippen LogP contribution >= 0.6 is 0 Å². The summed E-state index contributed by atoms with van der Waals surface area (Å²) in [6.07, 6.45) is -0.220. The van der Waals surface area contributed by atoms with Gasteiger partial charge >= 0.3 is 6.18 Å². The van der Waals surface area contributed by atoms with Crippen LogP contribution in [0.3, 0.4) is 0 Å². The second-order valence-corrected chi connectivity index (χ2v) is 6.34. The second-order valence-electron chi connectivity index (χ2n) is 6.34. The Labute approximate surface area is 142 Å². The van der Waals surface area contributed by atoms with E-state index < -0.39 is 17.4 Å². The molecule has 25 heavy (non-hydrogen) atoms. The summed E-state index contributed by atoms with van der Waals surface area (Å²) in [7, 11) is 0. The van der Waals surface area contributed by atoms with Crippen LogP contribution in [0.5, 0.6) is 0 Å². The molecule has 0 radical (unpaired) electrons. The molecular weight excluding hydrogens is 337 g/mol. The third kappa shape index (κ3) is 4.47. The lowest BCUT2D eigenvalue weighted by molar-refractivity contribution is -0.141. The van der Waals surface area contributed by atoms with Gasteiger partial charge in [-0.25, -0.2) is 9.97 Å². The number of nitrogens with zero attached hydrogens (tertiary/aromatic N) is 4. The van der Waals surface area contributed by atoms with Crippen LogP contribution in [0.2, 0.25) is 0 Å². The number of halogens is 3. The molecule has 0 amide bonds. The first kappa shape index (κ1) is 17.7. The first-order chi connectivity index (χ1) is 11.8. The number of oxazole rings is 1. The summed E-state index contributed by atoms with van der Waals surface area (Å²) in [5, 5.41) is 0. The molecule has 2 aromatic heterocycles. The van der Waals surface area contributed by atoms with Gasteiger partial charge in [0, 0.05) is 26.1 Å². The second kappa shape index (κ2) is 6.99. The minimum Gasteiger partial charge on any atom is -0.449 e. The van der Waals surface area contributed by atoms with E-state index >= 15 is 0 Å². The average Bonchev–Trinajstić information content (AvgIpc) is 2.95. The Morgan fingerprint density at radius 2 is 2.04 bits per heavy atom. The smallest absolute Gasteiger partial charge is 0.433 e. The van der Waals surface area contributed by atoms with E-state index in [9.17, 15) is 18.0 Å². The zero-order valence-corrected chi connectivity index (χ0v) is 13.8. The minimum absolute atomic E-state index is 0.242. The van der Waals surface area contributed by atoms with Crippen molar-refractivity contribution in [2.75, 3.05) is 13.1 Å². The SMILES string of the molecule is Cc1nc(CN2CCC(Cn3cnc(C(F)(F)F)cc3=O)CC2)co1. The van der Waals surface area contributed by atoms with Crippen LogP contribution < -0.4 is 5.56 Å². The molecule has 0 N–H and O–H groups in total. The molecule has 1 aliphatic rings. The molecule has 1 saturated heterocycles. The van der Waals surface area contributed by atoms with E-state index in [1.807, 2.05) is 0 Å². The van der Waals surface area contributed by atoms with Gasteiger partial charge in [0.1, 0.15) is 6.26 Å². The molecule has 0 aliphatic carbocycles. The van der Waals surface area contributed by atoms with Crippen LogP contribution in [0.4, 0.5) is 13.2 Å². The molecule has 3 rings (SSSR count). The molecule has 6 nitrogen and oxygen atoms in total.